The lowest BCUT2D eigenvalue weighted by atomic mass is 10.3. The van der Waals surface area contributed by atoms with E-state index in [2.05, 4.69) is 0 Å². The summed E-state index contributed by atoms with van der Waals surface area (Å²) >= 11 is -0.194. The van der Waals surface area contributed by atoms with Gasteiger partial charge < -0.3 is 3.52 Å². The fourth-order valence-electron chi connectivity index (χ4n) is 0.495. The lowest BCUT2D eigenvalue weighted by Crippen LogP contribution is -1.98. The maximum absolute atomic E-state index is 12.0. The molecule has 0 spiro atoms. The van der Waals surface area contributed by atoms with Gasteiger partial charge in [0.25, 0.3) is 0 Å². The predicted molar refractivity (Wildman–Crippen MR) is 34.7 cm³/mol. The topological polar surface area (TPSA) is 0 Å². The number of halogens is 6. The molecular weight excluding hydrogens is 213 g/mol. The highest BCUT2D eigenvalue weighted by atomic mass is 27.1. The van der Waals surface area contributed by atoms with Crippen LogP contribution in [0.5, 0.6) is 0 Å². The molecule has 1 radical (unpaired) electrons. The molecule has 0 N–H and O–H groups in total. The van der Waals surface area contributed by atoms with Gasteiger partial charge in [0.2, 0.25) is 5.82 Å². The molecule has 0 nitrogen and oxygen atoms in total. The van der Waals surface area contributed by atoms with Crippen molar-refractivity contribution >= 4 is 16.7 Å². The molecule has 0 aliphatic heterocycles. The Kier molecular flexibility index (Phi) is 4.88. The van der Waals surface area contributed by atoms with Gasteiger partial charge in [-0.25, -0.2) is 22.0 Å². The van der Waals surface area contributed by atoms with Crippen LogP contribution in [-0.2, 0) is 0 Å². The minimum Gasteiger partial charge on any atom is -0.430 e. The van der Waals surface area contributed by atoms with Crippen molar-refractivity contribution in [3.05, 3.63) is 35.2 Å². The lowest BCUT2D eigenvalue weighted by Gasteiger charge is -1.95. The van der Waals surface area contributed by atoms with Crippen LogP contribution >= 0.6 is 0 Å². The molecule has 0 atom stereocenters. The van der Waals surface area contributed by atoms with E-state index in [9.17, 15) is 25.5 Å². The van der Waals surface area contributed by atoms with Crippen LogP contribution in [0.15, 0.2) is 0 Å². The summed E-state index contributed by atoms with van der Waals surface area (Å²) in [5.41, 5.74) is 0. The van der Waals surface area contributed by atoms with Crippen molar-refractivity contribution in [3.63, 3.8) is 0 Å². The number of rotatable bonds is 0. The van der Waals surface area contributed by atoms with Gasteiger partial charge in [-0.2, -0.15) is 0 Å². The SMILES string of the molecule is Fc1[c]c(F)c(F)c(F)c1F.[F][AlH2]. The molecule has 13 heavy (non-hydrogen) atoms. The number of benzene rings is 1. The molecule has 71 valence electrons. The number of hydrogen-bond acceptors (Lipinski definition) is 0. The first-order chi connectivity index (χ1) is 6.04. The van der Waals surface area contributed by atoms with Gasteiger partial charge >= 0.3 is 16.7 Å². The normalized spacial score (nSPS) is 9.08. The van der Waals surface area contributed by atoms with E-state index in [1.807, 2.05) is 0 Å². The van der Waals surface area contributed by atoms with Gasteiger partial charge in [0.05, 0.1) is 6.07 Å². The molecule has 1 rings (SSSR count). The van der Waals surface area contributed by atoms with Crippen LogP contribution in [0.4, 0.5) is 25.5 Å². The summed E-state index contributed by atoms with van der Waals surface area (Å²) < 4.78 is 69.5. The van der Waals surface area contributed by atoms with Crippen molar-refractivity contribution in [1.29, 1.82) is 0 Å². The summed E-state index contributed by atoms with van der Waals surface area (Å²) in [7, 11) is 0. The summed E-state index contributed by atoms with van der Waals surface area (Å²) in [5.74, 6) is -10.0. The zero-order valence-corrected chi connectivity index (χ0v) is 8.27. The minimum absolute atomic E-state index is 0.194. The summed E-state index contributed by atoms with van der Waals surface area (Å²) in [5, 5.41) is 0. The first-order valence-corrected chi connectivity index (χ1v) is 3.58. The summed E-state index contributed by atoms with van der Waals surface area (Å²) in [4.78, 5) is 0. The molecule has 0 bridgehead atoms. The Morgan fingerprint density at radius 2 is 1.00 bits per heavy atom. The minimum atomic E-state index is -2.17. The smallest absolute Gasteiger partial charge is 0.430 e. The van der Waals surface area contributed by atoms with Crippen molar-refractivity contribution in [2.45, 2.75) is 0 Å². The van der Waals surface area contributed by atoms with Crippen LogP contribution < -0.4 is 0 Å². The molecule has 0 saturated carbocycles. The third-order valence-corrected chi connectivity index (χ3v) is 0.990. The van der Waals surface area contributed by atoms with E-state index >= 15 is 0 Å². The fraction of sp³-hybridized carbons (Fsp3) is 0. The fourth-order valence-corrected chi connectivity index (χ4v) is 0.495. The van der Waals surface area contributed by atoms with Gasteiger partial charge in [-0.1, -0.05) is 0 Å². The van der Waals surface area contributed by atoms with E-state index in [0.717, 1.165) is 6.07 Å². The van der Waals surface area contributed by atoms with Crippen molar-refractivity contribution in [1.82, 2.24) is 0 Å². The van der Waals surface area contributed by atoms with Gasteiger partial charge in [-0.3, -0.25) is 0 Å². The molecule has 1 aromatic carbocycles. The van der Waals surface area contributed by atoms with Gasteiger partial charge in [-0.05, 0) is 0 Å². The first-order valence-electron chi connectivity index (χ1n) is 2.82. The summed E-state index contributed by atoms with van der Waals surface area (Å²) in [6, 6.07) is 1.02. The Morgan fingerprint density at radius 1 is 0.692 bits per heavy atom. The van der Waals surface area contributed by atoms with Crippen molar-refractivity contribution in [2.24, 2.45) is 0 Å². The molecular formula is C6H2AlF6. The molecule has 0 unspecified atom stereocenters. The first kappa shape index (κ1) is 12.3. The number of hydrogen-bond donors (Lipinski definition) is 0. The Morgan fingerprint density at radius 3 is 1.31 bits per heavy atom. The molecule has 7 heteroatoms. The van der Waals surface area contributed by atoms with E-state index in [-0.39, 0.29) is 16.7 Å². The second kappa shape index (κ2) is 5.15. The molecule has 0 amide bonds. The van der Waals surface area contributed by atoms with Crippen LogP contribution in [-0.4, -0.2) is 16.7 Å². The van der Waals surface area contributed by atoms with E-state index in [4.69, 9.17) is 0 Å². The van der Waals surface area contributed by atoms with E-state index in [1.165, 1.54) is 0 Å². The van der Waals surface area contributed by atoms with Crippen LogP contribution in [0.3, 0.4) is 0 Å². The van der Waals surface area contributed by atoms with Crippen molar-refractivity contribution in [2.75, 3.05) is 0 Å². The maximum Gasteiger partial charge on any atom is 0.472 e. The molecule has 0 fully saturated rings. The molecule has 1 aromatic rings. The van der Waals surface area contributed by atoms with Crippen molar-refractivity contribution in [3.8, 4) is 0 Å². The Bertz CT molecular complexity index is 273. The second-order valence-corrected chi connectivity index (χ2v) is 1.69. The highest BCUT2D eigenvalue weighted by molar-refractivity contribution is 5.96. The van der Waals surface area contributed by atoms with Gasteiger partial charge in [0.1, 0.15) is 0 Å². The Labute approximate surface area is 78.1 Å². The van der Waals surface area contributed by atoms with Crippen LogP contribution in [0, 0.1) is 35.2 Å². The van der Waals surface area contributed by atoms with Crippen molar-refractivity contribution < 1.29 is 25.5 Å². The summed E-state index contributed by atoms with van der Waals surface area (Å²) in [6.07, 6.45) is 0. The lowest BCUT2D eigenvalue weighted by molar-refractivity contribution is 0.377. The van der Waals surface area contributed by atoms with E-state index in [1.54, 1.807) is 0 Å². The largest absolute Gasteiger partial charge is 0.472 e. The monoisotopic (exact) mass is 215 g/mol. The third-order valence-electron chi connectivity index (χ3n) is 0.990. The molecule has 0 aliphatic carbocycles. The molecule has 0 aliphatic rings. The molecule has 0 heterocycles. The predicted octanol–water partition coefficient (Wildman–Crippen LogP) is 1.69. The highest BCUT2D eigenvalue weighted by Gasteiger charge is 2.18. The van der Waals surface area contributed by atoms with E-state index in [0.29, 0.717) is 0 Å². The third kappa shape index (κ3) is 2.64. The Hall–Kier alpha value is -0.668. The molecule has 0 aromatic heterocycles. The molecule has 0 saturated heterocycles. The van der Waals surface area contributed by atoms with Gasteiger partial charge in [0.15, 0.2) is 23.3 Å². The zero-order chi connectivity index (χ0) is 10.6. The Balaban J connectivity index is 0.000000671. The quantitative estimate of drug-likeness (QED) is 0.267. The second-order valence-electron chi connectivity index (χ2n) is 1.69. The highest BCUT2D eigenvalue weighted by Crippen LogP contribution is 2.16. The van der Waals surface area contributed by atoms with E-state index < -0.39 is 29.1 Å². The average molecular weight is 215 g/mol. The van der Waals surface area contributed by atoms with Gasteiger partial charge in [0, 0.05) is 0 Å². The maximum atomic E-state index is 12.0. The van der Waals surface area contributed by atoms with Crippen LogP contribution in [0.1, 0.15) is 0 Å². The zero-order valence-electron chi connectivity index (χ0n) is 6.27. The van der Waals surface area contributed by atoms with Crippen LogP contribution in [0.2, 0.25) is 0 Å². The summed E-state index contributed by atoms with van der Waals surface area (Å²) in [6.45, 7) is 0. The standard InChI is InChI=1S/C6F5.Al.FH.2H/c7-2-1-3(8)5(10)6(11)4(2)9;;;;/h;;1H;;/q;+1;;;/p-1. The average Bonchev–Trinajstić information content (AvgIpc) is 2.15. The van der Waals surface area contributed by atoms with Gasteiger partial charge in [-0.15, -0.1) is 0 Å². The van der Waals surface area contributed by atoms with Crippen LogP contribution in [0.25, 0.3) is 0 Å².